The lowest BCUT2D eigenvalue weighted by atomic mass is 9.94. The van der Waals surface area contributed by atoms with Gasteiger partial charge >= 0.3 is 12.0 Å². The van der Waals surface area contributed by atoms with Gasteiger partial charge in [0.25, 0.3) is 0 Å². The second-order valence-corrected chi connectivity index (χ2v) is 7.85. The normalized spacial score (nSPS) is 18.9. The number of hydrogen-bond donors (Lipinski definition) is 1. The summed E-state index contributed by atoms with van der Waals surface area (Å²) in [6, 6.07) is 7.44. The van der Waals surface area contributed by atoms with E-state index in [1.807, 2.05) is 0 Å². The molecule has 3 aliphatic rings. The number of benzene rings is 2. The molecule has 0 saturated heterocycles. The van der Waals surface area contributed by atoms with Gasteiger partial charge in [-0.2, -0.15) is 0 Å². The van der Waals surface area contributed by atoms with Crippen LogP contribution >= 0.6 is 0 Å². The molecule has 10 nitrogen and oxygen atoms in total. The van der Waals surface area contributed by atoms with Crippen molar-refractivity contribution in [2.24, 2.45) is 0 Å². The van der Waals surface area contributed by atoms with Crippen molar-refractivity contribution in [2.45, 2.75) is 19.4 Å². The minimum atomic E-state index is -0.792. The Morgan fingerprint density at radius 1 is 1.03 bits per heavy atom. The number of fused-ring (bicyclic) bond motifs is 2. The van der Waals surface area contributed by atoms with E-state index < -0.39 is 18.0 Å². The highest BCUT2D eigenvalue weighted by Gasteiger charge is 2.38. The van der Waals surface area contributed by atoms with Crippen LogP contribution in [0.3, 0.4) is 0 Å². The summed E-state index contributed by atoms with van der Waals surface area (Å²) in [5.41, 5.74) is 1.82. The Hall–Kier alpha value is -4.08. The third-order valence-electron chi connectivity index (χ3n) is 5.89. The first-order chi connectivity index (χ1) is 16.5. The number of esters is 1. The molecule has 0 aliphatic carbocycles. The zero-order chi connectivity index (χ0) is 23.8. The maximum atomic E-state index is 13.3. The fourth-order valence-electron chi connectivity index (χ4n) is 4.29. The number of ether oxygens (including phenoxy) is 6. The molecule has 34 heavy (non-hydrogen) atoms. The number of hydrogen-bond acceptors (Lipinski definition) is 8. The predicted octanol–water partition coefficient (Wildman–Crippen LogP) is 3.30. The molecule has 0 radical (unpaired) electrons. The first kappa shape index (κ1) is 21.7. The number of allylic oxidation sites excluding steroid dienone is 1. The molecule has 10 heteroatoms. The van der Waals surface area contributed by atoms with Crippen molar-refractivity contribution in [1.82, 2.24) is 5.32 Å². The van der Waals surface area contributed by atoms with Gasteiger partial charge in [0.2, 0.25) is 12.5 Å². The van der Waals surface area contributed by atoms with E-state index >= 15 is 0 Å². The van der Waals surface area contributed by atoms with Crippen LogP contribution < -0.4 is 33.9 Å². The number of anilines is 1. The average molecular weight is 468 g/mol. The molecular weight excluding hydrogens is 444 g/mol. The lowest BCUT2D eigenvalue weighted by Gasteiger charge is -2.35. The standard InChI is InChI=1S/C24H24N2O8/c1-13-20(23(27)30-3)21(14-9-18(29-2)22-19(10-14)33-12-34-22)25-24(28)26(13)15-5-6-16-17(11-15)32-8-4-7-31-16/h5-6,9-11,21H,4,7-8,12H2,1-3H3,(H,25,28). The van der Waals surface area contributed by atoms with E-state index in [-0.39, 0.29) is 12.4 Å². The maximum absolute atomic E-state index is 13.3. The summed E-state index contributed by atoms with van der Waals surface area (Å²) in [6.07, 6.45) is 0.764. The lowest BCUT2D eigenvalue weighted by molar-refractivity contribution is -0.136. The van der Waals surface area contributed by atoms with Crippen molar-refractivity contribution in [1.29, 1.82) is 0 Å². The molecule has 0 saturated carbocycles. The summed E-state index contributed by atoms with van der Waals surface area (Å²) in [6.45, 7) is 2.83. The smallest absolute Gasteiger partial charge is 0.337 e. The van der Waals surface area contributed by atoms with Gasteiger partial charge in [-0.15, -0.1) is 0 Å². The second-order valence-electron chi connectivity index (χ2n) is 7.85. The van der Waals surface area contributed by atoms with Crippen LogP contribution in [0.5, 0.6) is 28.7 Å². The topological polar surface area (TPSA) is 105 Å². The van der Waals surface area contributed by atoms with Crippen LogP contribution in [-0.2, 0) is 9.53 Å². The highest BCUT2D eigenvalue weighted by atomic mass is 16.7. The summed E-state index contributed by atoms with van der Waals surface area (Å²) >= 11 is 0. The summed E-state index contributed by atoms with van der Waals surface area (Å²) in [7, 11) is 2.81. The van der Waals surface area contributed by atoms with E-state index in [4.69, 9.17) is 28.4 Å². The third-order valence-corrected chi connectivity index (χ3v) is 5.89. The summed E-state index contributed by atoms with van der Waals surface area (Å²) < 4.78 is 33.0. The van der Waals surface area contributed by atoms with Gasteiger partial charge in [0, 0.05) is 18.2 Å². The average Bonchev–Trinajstić information content (AvgIpc) is 3.20. The van der Waals surface area contributed by atoms with Gasteiger partial charge in [-0.1, -0.05) is 0 Å². The van der Waals surface area contributed by atoms with Gasteiger partial charge in [-0.05, 0) is 36.8 Å². The van der Waals surface area contributed by atoms with Gasteiger partial charge < -0.3 is 33.7 Å². The Labute approximate surface area is 195 Å². The highest BCUT2D eigenvalue weighted by molar-refractivity contribution is 6.03. The number of carbonyl (C=O) groups is 2. The van der Waals surface area contributed by atoms with E-state index in [1.165, 1.54) is 19.1 Å². The Kier molecular flexibility index (Phi) is 5.56. The van der Waals surface area contributed by atoms with E-state index in [9.17, 15) is 9.59 Å². The van der Waals surface area contributed by atoms with Crippen LogP contribution in [-0.4, -0.2) is 46.2 Å². The Morgan fingerprint density at radius 3 is 2.59 bits per heavy atom. The van der Waals surface area contributed by atoms with Gasteiger partial charge in [-0.3, -0.25) is 4.90 Å². The molecule has 178 valence electrons. The van der Waals surface area contributed by atoms with Crippen LogP contribution in [0, 0.1) is 0 Å². The predicted molar refractivity (Wildman–Crippen MR) is 120 cm³/mol. The van der Waals surface area contributed by atoms with Crippen LogP contribution in [0.1, 0.15) is 24.9 Å². The first-order valence-corrected chi connectivity index (χ1v) is 10.8. The molecule has 0 aromatic heterocycles. The molecule has 3 aliphatic heterocycles. The Balaban J connectivity index is 1.59. The van der Waals surface area contributed by atoms with Crippen molar-refractivity contribution in [3.05, 3.63) is 47.2 Å². The van der Waals surface area contributed by atoms with Gasteiger partial charge in [0.05, 0.1) is 44.7 Å². The molecule has 2 aromatic carbocycles. The van der Waals surface area contributed by atoms with Crippen LogP contribution in [0.25, 0.3) is 0 Å². The van der Waals surface area contributed by atoms with E-state index in [0.717, 1.165) is 6.42 Å². The quantitative estimate of drug-likeness (QED) is 0.682. The Morgan fingerprint density at radius 2 is 1.82 bits per heavy atom. The number of nitrogens with one attached hydrogen (secondary N) is 1. The van der Waals surface area contributed by atoms with Gasteiger partial charge in [-0.25, -0.2) is 9.59 Å². The van der Waals surface area contributed by atoms with E-state index in [0.29, 0.717) is 58.9 Å². The van der Waals surface area contributed by atoms with E-state index in [1.54, 1.807) is 37.3 Å². The summed E-state index contributed by atoms with van der Waals surface area (Å²) in [4.78, 5) is 27.7. The zero-order valence-electron chi connectivity index (χ0n) is 19.0. The van der Waals surface area contributed by atoms with Gasteiger partial charge in [0.1, 0.15) is 0 Å². The Bertz CT molecular complexity index is 1190. The number of rotatable bonds is 4. The fourth-order valence-corrected chi connectivity index (χ4v) is 4.29. The second kappa shape index (κ2) is 8.69. The number of methoxy groups -OCH3 is 2. The lowest BCUT2D eigenvalue weighted by Crippen LogP contribution is -2.48. The fraction of sp³-hybridized carbons (Fsp3) is 0.333. The molecule has 5 rings (SSSR count). The molecule has 0 spiro atoms. The summed E-state index contributed by atoms with van der Waals surface area (Å²) in [5.74, 6) is 1.96. The van der Waals surface area contributed by atoms with Crippen LogP contribution in [0.15, 0.2) is 41.6 Å². The zero-order valence-corrected chi connectivity index (χ0v) is 19.0. The minimum Gasteiger partial charge on any atom is -0.493 e. The molecule has 3 heterocycles. The molecular formula is C24H24N2O8. The van der Waals surface area contributed by atoms with Crippen molar-refractivity contribution >= 4 is 17.7 Å². The molecule has 2 aromatic rings. The molecule has 1 unspecified atom stereocenters. The number of nitrogens with zero attached hydrogens (tertiary/aromatic N) is 1. The third kappa shape index (κ3) is 3.60. The SMILES string of the molecule is COC(=O)C1=C(C)N(c2ccc3c(c2)OCCCO3)C(=O)NC1c1cc(OC)c2c(c1)OCO2. The van der Waals surface area contributed by atoms with Crippen molar-refractivity contribution in [3.8, 4) is 28.7 Å². The van der Waals surface area contributed by atoms with Crippen LogP contribution in [0.2, 0.25) is 0 Å². The molecule has 2 amide bonds. The molecule has 1 atom stereocenters. The molecule has 0 bridgehead atoms. The van der Waals surface area contributed by atoms with Crippen molar-refractivity contribution in [3.63, 3.8) is 0 Å². The largest absolute Gasteiger partial charge is 0.493 e. The highest BCUT2D eigenvalue weighted by Crippen LogP contribution is 2.45. The van der Waals surface area contributed by atoms with Crippen LogP contribution in [0.4, 0.5) is 10.5 Å². The van der Waals surface area contributed by atoms with Gasteiger partial charge in [0.15, 0.2) is 23.0 Å². The molecule has 0 fully saturated rings. The summed E-state index contributed by atoms with van der Waals surface area (Å²) in [5, 5.41) is 2.92. The van der Waals surface area contributed by atoms with Crippen molar-refractivity contribution in [2.75, 3.05) is 39.1 Å². The van der Waals surface area contributed by atoms with Crippen molar-refractivity contribution < 1.29 is 38.0 Å². The minimum absolute atomic E-state index is 0.0583. The maximum Gasteiger partial charge on any atom is 0.337 e. The number of carbonyl (C=O) groups excluding carboxylic acids is 2. The first-order valence-electron chi connectivity index (χ1n) is 10.8. The number of amides is 2. The number of urea groups is 1. The van der Waals surface area contributed by atoms with E-state index in [2.05, 4.69) is 5.32 Å². The molecule has 1 N–H and O–H groups in total. The monoisotopic (exact) mass is 468 g/mol.